The van der Waals surface area contributed by atoms with Gasteiger partial charge in [0.1, 0.15) is 11.9 Å². The highest BCUT2D eigenvalue weighted by Crippen LogP contribution is 2.21. The van der Waals surface area contributed by atoms with E-state index in [2.05, 4.69) is 4.98 Å². The van der Waals surface area contributed by atoms with Crippen LogP contribution in [-0.4, -0.2) is 25.7 Å². The van der Waals surface area contributed by atoms with Crippen molar-refractivity contribution >= 4 is 29.4 Å². The van der Waals surface area contributed by atoms with Crippen molar-refractivity contribution in [2.75, 3.05) is 0 Å². The molecule has 17 heavy (non-hydrogen) atoms. The number of aryl methyl sites for hydroxylation is 1. The third-order valence-corrected chi connectivity index (χ3v) is 2.49. The lowest BCUT2D eigenvalue weighted by molar-refractivity contribution is -0.139. The highest BCUT2D eigenvalue weighted by molar-refractivity contribution is 5.85. The quantitative estimate of drug-likeness (QED) is 0.873. The van der Waals surface area contributed by atoms with Gasteiger partial charge in [0.2, 0.25) is 0 Å². The molecule has 1 unspecified atom stereocenters. The van der Waals surface area contributed by atoms with Gasteiger partial charge < -0.3 is 14.8 Å². The van der Waals surface area contributed by atoms with Crippen LogP contribution in [0.5, 0.6) is 0 Å². The number of aromatic nitrogens is 2. The number of carbonyl (C=O) groups is 1. The van der Waals surface area contributed by atoms with Crippen molar-refractivity contribution < 1.29 is 15.0 Å². The van der Waals surface area contributed by atoms with Crippen LogP contribution in [0.2, 0.25) is 0 Å². The maximum absolute atomic E-state index is 10.5. The summed E-state index contributed by atoms with van der Waals surface area (Å²) in [6.45, 7) is 0. The number of fused-ring (bicyclic) bond motifs is 1. The van der Waals surface area contributed by atoms with E-state index in [1.54, 1.807) is 11.6 Å². The summed E-state index contributed by atoms with van der Waals surface area (Å²) in [6.07, 6.45) is -1.41. The van der Waals surface area contributed by atoms with E-state index >= 15 is 0 Å². The number of rotatable bonds is 3. The van der Waals surface area contributed by atoms with E-state index in [9.17, 15) is 9.90 Å². The Morgan fingerprint density at radius 2 is 2.12 bits per heavy atom. The molecule has 0 saturated carbocycles. The van der Waals surface area contributed by atoms with Gasteiger partial charge >= 0.3 is 5.97 Å². The van der Waals surface area contributed by atoms with E-state index in [1.165, 1.54) is 0 Å². The maximum Gasteiger partial charge on any atom is 0.306 e. The molecule has 1 aromatic heterocycles. The van der Waals surface area contributed by atoms with Crippen LogP contribution in [0, 0.1) is 0 Å². The fraction of sp³-hybridized carbons (Fsp3) is 0.273. The Morgan fingerprint density at radius 1 is 1.47 bits per heavy atom. The van der Waals surface area contributed by atoms with E-state index in [0.29, 0.717) is 5.82 Å². The van der Waals surface area contributed by atoms with Crippen molar-refractivity contribution in [3.05, 3.63) is 30.1 Å². The largest absolute Gasteiger partial charge is 0.481 e. The van der Waals surface area contributed by atoms with Crippen molar-refractivity contribution in [1.82, 2.24) is 9.55 Å². The van der Waals surface area contributed by atoms with Crippen molar-refractivity contribution in [3.63, 3.8) is 0 Å². The van der Waals surface area contributed by atoms with Gasteiger partial charge in [-0.05, 0) is 12.1 Å². The first-order valence-corrected chi connectivity index (χ1v) is 4.91. The number of aliphatic carboxylic acids is 1. The van der Waals surface area contributed by atoms with Crippen LogP contribution in [-0.2, 0) is 11.8 Å². The average Bonchev–Trinajstić information content (AvgIpc) is 2.56. The zero-order valence-corrected chi connectivity index (χ0v) is 10.0. The van der Waals surface area contributed by atoms with E-state index in [1.807, 2.05) is 24.3 Å². The Labute approximate surface area is 104 Å². The second-order valence-electron chi connectivity index (χ2n) is 3.63. The molecule has 1 heterocycles. The van der Waals surface area contributed by atoms with E-state index in [-0.39, 0.29) is 18.8 Å². The van der Waals surface area contributed by atoms with Gasteiger partial charge in [0.05, 0.1) is 17.5 Å². The number of aliphatic hydroxyl groups excluding tert-OH is 1. The molecular weight excluding hydrogens is 244 g/mol. The molecule has 2 rings (SSSR count). The first kappa shape index (κ1) is 13.5. The first-order chi connectivity index (χ1) is 7.59. The number of benzene rings is 1. The standard InChI is InChI=1S/C11H12N2O3.ClH/c1-13-8-5-3-2-4-7(8)12-11(13)9(14)6-10(15)16;/h2-5,9,14H,6H2,1H3,(H,15,16);1H. The molecule has 1 atom stereocenters. The van der Waals surface area contributed by atoms with Crippen molar-refractivity contribution in [2.24, 2.45) is 7.05 Å². The summed E-state index contributed by atoms with van der Waals surface area (Å²) in [5.74, 6) is -0.664. The van der Waals surface area contributed by atoms with E-state index < -0.39 is 12.1 Å². The number of nitrogens with zero attached hydrogens (tertiary/aromatic N) is 2. The second kappa shape index (κ2) is 5.16. The molecule has 0 amide bonds. The summed E-state index contributed by atoms with van der Waals surface area (Å²) in [5, 5.41) is 18.3. The number of hydrogen-bond acceptors (Lipinski definition) is 3. The van der Waals surface area contributed by atoms with Crippen LogP contribution in [0.1, 0.15) is 18.3 Å². The molecule has 1 aromatic carbocycles. The zero-order valence-electron chi connectivity index (χ0n) is 9.20. The van der Waals surface area contributed by atoms with Gasteiger partial charge in [-0.1, -0.05) is 12.1 Å². The fourth-order valence-corrected chi connectivity index (χ4v) is 1.72. The van der Waals surface area contributed by atoms with Crippen LogP contribution in [0.4, 0.5) is 0 Å². The monoisotopic (exact) mass is 256 g/mol. The number of imidazole rings is 1. The molecule has 0 aliphatic heterocycles. The average molecular weight is 257 g/mol. The smallest absolute Gasteiger partial charge is 0.306 e. The summed E-state index contributed by atoms with van der Waals surface area (Å²) < 4.78 is 1.71. The molecule has 0 radical (unpaired) electrons. The normalized spacial score (nSPS) is 12.1. The van der Waals surface area contributed by atoms with Crippen molar-refractivity contribution in [2.45, 2.75) is 12.5 Å². The van der Waals surface area contributed by atoms with Crippen LogP contribution >= 0.6 is 12.4 Å². The lowest BCUT2D eigenvalue weighted by Gasteiger charge is -2.07. The minimum atomic E-state index is -1.07. The van der Waals surface area contributed by atoms with Gasteiger partial charge in [-0.2, -0.15) is 0 Å². The lowest BCUT2D eigenvalue weighted by atomic mass is 10.2. The van der Waals surface area contributed by atoms with Crippen LogP contribution in [0.15, 0.2) is 24.3 Å². The summed E-state index contributed by atoms with van der Waals surface area (Å²) in [7, 11) is 1.76. The first-order valence-electron chi connectivity index (χ1n) is 4.91. The summed E-state index contributed by atoms with van der Waals surface area (Å²) in [5.41, 5.74) is 1.63. The highest BCUT2D eigenvalue weighted by atomic mass is 35.5. The van der Waals surface area contributed by atoms with E-state index in [0.717, 1.165) is 11.0 Å². The molecule has 0 bridgehead atoms. The molecular formula is C11H13ClN2O3. The molecule has 2 N–H and O–H groups in total. The van der Waals surface area contributed by atoms with Gasteiger partial charge in [-0.25, -0.2) is 4.98 Å². The topological polar surface area (TPSA) is 75.4 Å². The van der Waals surface area contributed by atoms with Crippen LogP contribution in [0.25, 0.3) is 11.0 Å². The number of para-hydroxylation sites is 2. The predicted octanol–water partition coefficient (Wildman–Crippen LogP) is 1.50. The lowest BCUT2D eigenvalue weighted by Crippen LogP contribution is -2.10. The molecule has 0 aliphatic carbocycles. The van der Waals surface area contributed by atoms with Gasteiger partial charge in [0.25, 0.3) is 0 Å². The molecule has 2 aromatic rings. The van der Waals surface area contributed by atoms with E-state index in [4.69, 9.17) is 5.11 Å². The van der Waals surface area contributed by atoms with Crippen LogP contribution in [0.3, 0.4) is 0 Å². The predicted molar refractivity (Wildman–Crippen MR) is 65.2 cm³/mol. The number of halogens is 1. The zero-order chi connectivity index (χ0) is 11.7. The molecule has 5 nitrogen and oxygen atoms in total. The Bertz CT molecular complexity index is 538. The SMILES string of the molecule is Cl.Cn1c(C(O)CC(=O)O)nc2ccccc21. The third-order valence-electron chi connectivity index (χ3n) is 2.49. The molecule has 92 valence electrons. The number of aliphatic hydroxyl groups is 1. The van der Waals surface area contributed by atoms with Crippen LogP contribution < -0.4 is 0 Å². The molecule has 0 saturated heterocycles. The van der Waals surface area contributed by atoms with Gasteiger partial charge in [-0.3, -0.25) is 4.79 Å². The molecule has 0 aliphatic rings. The highest BCUT2D eigenvalue weighted by Gasteiger charge is 2.18. The maximum atomic E-state index is 10.5. The van der Waals surface area contributed by atoms with Crippen molar-refractivity contribution in [1.29, 1.82) is 0 Å². The second-order valence-corrected chi connectivity index (χ2v) is 3.63. The Kier molecular flexibility index (Phi) is 4.09. The van der Waals surface area contributed by atoms with Gasteiger partial charge in [0.15, 0.2) is 0 Å². The molecule has 6 heteroatoms. The number of hydrogen-bond donors (Lipinski definition) is 2. The number of carboxylic acids is 1. The molecule has 0 spiro atoms. The third kappa shape index (κ3) is 2.57. The number of carboxylic acid groups (broad SMARTS) is 1. The summed E-state index contributed by atoms with van der Waals surface area (Å²) in [6, 6.07) is 7.42. The fourth-order valence-electron chi connectivity index (χ4n) is 1.72. The summed E-state index contributed by atoms with van der Waals surface area (Å²) >= 11 is 0. The molecule has 0 fully saturated rings. The van der Waals surface area contributed by atoms with Gasteiger partial charge in [-0.15, -0.1) is 12.4 Å². The Morgan fingerprint density at radius 3 is 2.71 bits per heavy atom. The Balaban J connectivity index is 0.00000144. The minimum Gasteiger partial charge on any atom is -0.481 e. The van der Waals surface area contributed by atoms with Crippen molar-refractivity contribution in [3.8, 4) is 0 Å². The summed E-state index contributed by atoms with van der Waals surface area (Å²) in [4.78, 5) is 14.7. The minimum absolute atomic E-state index is 0. The van der Waals surface area contributed by atoms with Gasteiger partial charge in [0, 0.05) is 7.05 Å². The Hall–Kier alpha value is -1.59.